The molecule has 5 heteroatoms. The number of carbonyl (C=O) groups is 1. The van der Waals surface area contributed by atoms with Crippen LogP contribution >= 0.6 is 27.3 Å². The van der Waals surface area contributed by atoms with E-state index in [-0.39, 0.29) is 0 Å². The Kier molecular flexibility index (Phi) is 2.90. The molecule has 0 saturated heterocycles. The highest BCUT2D eigenvalue weighted by molar-refractivity contribution is 9.10. The summed E-state index contributed by atoms with van der Waals surface area (Å²) < 4.78 is 1.03. The Morgan fingerprint density at radius 1 is 1.82 bits per heavy atom. The van der Waals surface area contributed by atoms with Crippen LogP contribution in [0.15, 0.2) is 15.9 Å². The van der Waals surface area contributed by atoms with E-state index in [1.165, 1.54) is 0 Å². The van der Waals surface area contributed by atoms with Crippen molar-refractivity contribution in [3.8, 4) is 0 Å². The van der Waals surface area contributed by atoms with Gasteiger partial charge in [-0.15, -0.1) is 11.3 Å². The SMILES string of the molecule is NC(=O)NCc1cc(Br)cs1. The minimum absolute atomic E-state index is 0.491. The van der Waals surface area contributed by atoms with Crippen LogP contribution in [-0.4, -0.2) is 6.03 Å². The first-order valence-corrected chi connectivity index (χ1v) is 4.62. The van der Waals surface area contributed by atoms with Crippen LogP contribution in [0.5, 0.6) is 0 Å². The molecule has 11 heavy (non-hydrogen) atoms. The van der Waals surface area contributed by atoms with Crippen LogP contribution in [0.1, 0.15) is 4.88 Å². The van der Waals surface area contributed by atoms with E-state index in [1.807, 2.05) is 11.4 Å². The topological polar surface area (TPSA) is 55.1 Å². The average Bonchev–Trinajstić information content (AvgIpc) is 2.31. The first-order valence-electron chi connectivity index (χ1n) is 2.94. The molecule has 0 bridgehead atoms. The fourth-order valence-electron chi connectivity index (χ4n) is 0.621. The summed E-state index contributed by atoms with van der Waals surface area (Å²) in [6.07, 6.45) is 0. The van der Waals surface area contributed by atoms with Gasteiger partial charge < -0.3 is 11.1 Å². The van der Waals surface area contributed by atoms with Crippen LogP contribution in [0.2, 0.25) is 0 Å². The Hall–Kier alpha value is -0.550. The smallest absolute Gasteiger partial charge is 0.312 e. The third kappa shape index (κ3) is 2.90. The fraction of sp³-hybridized carbons (Fsp3) is 0.167. The Labute approximate surface area is 76.7 Å². The minimum atomic E-state index is -0.491. The van der Waals surface area contributed by atoms with Crippen LogP contribution in [0.3, 0.4) is 0 Å². The molecular formula is C6H7BrN2OS. The lowest BCUT2D eigenvalue weighted by atomic mass is 10.5. The molecule has 0 aliphatic carbocycles. The maximum Gasteiger partial charge on any atom is 0.312 e. The Bertz CT molecular complexity index is 261. The molecule has 1 aromatic rings. The van der Waals surface area contributed by atoms with E-state index < -0.39 is 6.03 Å². The van der Waals surface area contributed by atoms with Crippen molar-refractivity contribution in [2.24, 2.45) is 5.73 Å². The Morgan fingerprint density at radius 2 is 2.55 bits per heavy atom. The van der Waals surface area contributed by atoms with Crippen molar-refractivity contribution in [2.45, 2.75) is 6.54 Å². The summed E-state index contributed by atoms with van der Waals surface area (Å²) in [5.74, 6) is 0. The molecule has 60 valence electrons. The number of urea groups is 1. The van der Waals surface area contributed by atoms with Crippen molar-refractivity contribution in [2.75, 3.05) is 0 Å². The zero-order valence-electron chi connectivity index (χ0n) is 5.63. The molecule has 2 amide bonds. The van der Waals surface area contributed by atoms with Crippen LogP contribution < -0.4 is 11.1 Å². The van der Waals surface area contributed by atoms with Crippen molar-refractivity contribution in [1.29, 1.82) is 0 Å². The highest BCUT2D eigenvalue weighted by Gasteiger charge is 1.97. The number of rotatable bonds is 2. The summed E-state index contributed by atoms with van der Waals surface area (Å²) in [5.41, 5.74) is 4.89. The van der Waals surface area contributed by atoms with E-state index in [2.05, 4.69) is 21.2 Å². The average molecular weight is 235 g/mol. The summed E-state index contributed by atoms with van der Waals surface area (Å²) in [6.45, 7) is 0.506. The first-order chi connectivity index (χ1) is 5.18. The molecule has 0 atom stereocenters. The number of nitrogens with one attached hydrogen (secondary N) is 1. The molecule has 0 unspecified atom stereocenters. The van der Waals surface area contributed by atoms with Crippen molar-refractivity contribution < 1.29 is 4.79 Å². The number of hydrogen-bond donors (Lipinski definition) is 2. The van der Waals surface area contributed by atoms with Crippen molar-refractivity contribution in [3.05, 3.63) is 20.8 Å². The molecule has 1 heterocycles. The van der Waals surface area contributed by atoms with Crippen LogP contribution in [-0.2, 0) is 6.54 Å². The molecule has 1 rings (SSSR count). The van der Waals surface area contributed by atoms with Crippen LogP contribution in [0.25, 0.3) is 0 Å². The Balaban J connectivity index is 2.45. The highest BCUT2D eigenvalue weighted by atomic mass is 79.9. The molecule has 3 N–H and O–H groups in total. The lowest BCUT2D eigenvalue weighted by Gasteiger charge is -1.95. The van der Waals surface area contributed by atoms with Gasteiger partial charge in [0, 0.05) is 14.7 Å². The molecule has 0 fully saturated rings. The standard InChI is InChI=1S/C6H7BrN2OS/c7-4-1-5(11-3-4)2-9-6(8)10/h1,3H,2H2,(H3,8,9,10). The van der Waals surface area contributed by atoms with Gasteiger partial charge in [-0.1, -0.05) is 0 Å². The van der Waals surface area contributed by atoms with Gasteiger partial charge >= 0.3 is 6.03 Å². The predicted molar refractivity (Wildman–Crippen MR) is 48.4 cm³/mol. The van der Waals surface area contributed by atoms with E-state index in [1.54, 1.807) is 11.3 Å². The second-order valence-corrected chi connectivity index (χ2v) is 3.86. The molecule has 0 aliphatic heterocycles. The second kappa shape index (κ2) is 3.73. The number of primary amides is 1. The molecule has 0 radical (unpaired) electrons. The molecule has 0 saturated carbocycles. The van der Waals surface area contributed by atoms with Gasteiger partial charge in [0.05, 0.1) is 6.54 Å². The summed E-state index contributed by atoms with van der Waals surface area (Å²) in [5, 5.41) is 4.46. The second-order valence-electron chi connectivity index (χ2n) is 1.95. The third-order valence-electron chi connectivity index (χ3n) is 1.06. The summed E-state index contributed by atoms with van der Waals surface area (Å²) >= 11 is 4.88. The van der Waals surface area contributed by atoms with Crippen molar-refractivity contribution in [3.63, 3.8) is 0 Å². The van der Waals surface area contributed by atoms with Gasteiger partial charge in [-0.25, -0.2) is 4.79 Å². The largest absolute Gasteiger partial charge is 0.352 e. The molecule has 0 aliphatic rings. The van der Waals surface area contributed by atoms with Gasteiger partial charge in [0.15, 0.2) is 0 Å². The van der Waals surface area contributed by atoms with Crippen LogP contribution in [0, 0.1) is 0 Å². The summed E-state index contributed by atoms with van der Waals surface area (Å²) in [4.78, 5) is 11.4. The quantitative estimate of drug-likeness (QED) is 0.804. The van der Waals surface area contributed by atoms with Gasteiger partial charge in [-0.05, 0) is 22.0 Å². The normalized spacial score (nSPS) is 9.55. The lowest BCUT2D eigenvalue weighted by Crippen LogP contribution is -2.28. The van der Waals surface area contributed by atoms with Crippen molar-refractivity contribution in [1.82, 2.24) is 5.32 Å². The fourth-order valence-corrected chi connectivity index (χ4v) is 2.01. The lowest BCUT2D eigenvalue weighted by molar-refractivity contribution is 0.248. The van der Waals surface area contributed by atoms with Gasteiger partial charge in [-0.2, -0.15) is 0 Å². The number of hydrogen-bond acceptors (Lipinski definition) is 2. The van der Waals surface area contributed by atoms with E-state index >= 15 is 0 Å². The van der Waals surface area contributed by atoms with Gasteiger partial charge in [0.2, 0.25) is 0 Å². The minimum Gasteiger partial charge on any atom is -0.352 e. The highest BCUT2D eigenvalue weighted by Crippen LogP contribution is 2.19. The molecule has 3 nitrogen and oxygen atoms in total. The number of nitrogens with two attached hydrogens (primary N) is 1. The number of amides is 2. The first kappa shape index (κ1) is 8.55. The number of carbonyl (C=O) groups excluding carboxylic acids is 1. The molecule has 0 aromatic carbocycles. The van der Waals surface area contributed by atoms with E-state index in [9.17, 15) is 4.79 Å². The van der Waals surface area contributed by atoms with E-state index in [0.717, 1.165) is 9.35 Å². The zero-order chi connectivity index (χ0) is 8.27. The third-order valence-corrected chi connectivity index (χ3v) is 2.76. The molecule has 0 spiro atoms. The number of thiophene rings is 1. The van der Waals surface area contributed by atoms with Crippen molar-refractivity contribution >= 4 is 33.3 Å². The Morgan fingerprint density at radius 3 is 3.00 bits per heavy atom. The maximum atomic E-state index is 10.3. The predicted octanol–water partition coefficient (Wildman–Crippen LogP) is 1.68. The summed E-state index contributed by atoms with van der Waals surface area (Å²) in [6, 6.07) is 1.45. The zero-order valence-corrected chi connectivity index (χ0v) is 8.04. The van der Waals surface area contributed by atoms with Gasteiger partial charge in [0.1, 0.15) is 0 Å². The van der Waals surface area contributed by atoms with Gasteiger partial charge in [-0.3, -0.25) is 0 Å². The van der Waals surface area contributed by atoms with Gasteiger partial charge in [0.25, 0.3) is 0 Å². The van der Waals surface area contributed by atoms with E-state index in [4.69, 9.17) is 5.73 Å². The molecular weight excluding hydrogens is 228 g/mol. The maximum absolute atomic E-state index is 10.3. The monoisotopic (exact) mass is 234 g/mol. The number of halogens is 1. The van der Waals surface area contributed by atoms with E-state index in [0.29, 0.717) is 6.54 Å². The summed E-state index contributed by atoms with van der Waals surface area (Å²) in [7, 11) is 0. The van der Waals surface area contributed by atoms with Crippen LogP contribution in [0.4, 0.5) is 4.79 Å². The molecule has 1 aromatic heterocycles.